The first-order chi connectivity index (χ1) is 7.31. The van der Waals surface area contributed by atoms with Gasteiger partial charge in [-0.15, -0.1) is 0 Å². The second kappa shape index (κ2) is 4.92. The van der Waals surface area contributed by atoms with Crippen molar-refractivity contribution in [1.82, 2.24) is 10.3 Å². The van der Waals surface area contributed by atoms with Gasteiger partial charge in [-0.1, -0.05) is 0 Å². The molecule has 1 saturated heterocycles. The van der Waals surface area contributed by atoms with E-state index in [1.165, 1.54) is 0 Å². The normalized spacial score (nSPS) is 21.3. The van der Waals surface area contributed by atoms with Crippen molar-refractivity contribution in [2.75, 3.05) is 26.8 Å². The van der Waals surface area contributed by atoms with E-state index in [2.05, 4.69) is 26.2 Å². The number of rotatable bonds is 2. The van der Waals surface area contributed by atoms with Crippen molar-refractivity contribution in [3.63, 3.8) is 0 Å². The van der Waals surface area contributed by atoms with Crippen LogP contribution in [-0.4, -0.2) is 31.8 Å². The summed E-state index contributed by atoms with van der Waals surface area (Å²) in [6.45, 7) is 2.43. The highest BCUT2D eigenvalue weighted by Gasteiger charge is 2.20. The van der Waals surface area contributed by atoms with Crippen LogP contribution < -0.4 is 10.1 Å². The number of hydrogen-bond donors (Lipinski definition) is 1. The SMILES string of the molecule is COc1ncc(Br)cc1C1CNCCO1. The molecule has 82 valence electrons. The van der Waals surface area contributed by atoms with Gasteiger partial charge in [0.15, 0.2) is 0 Å². The fraction of sp³-hybridized carbons (Fsp3) is 0.500. The molecule has 1 aliphatic rings. The molecule has 1 N–H and O–H groups in total. The zero-order valence-electron chi connectivity index (χ0n) is 8.50. The zero-order chi connectivity index (χ0) is 10.7. The second-order valence-electron chi connectivity index (χ2n) is 3.32. The molecule has 0 radical (unpaired) electrons. The number of nitrogens with one attached hydrogen (secondary N) is 1. The summed E-state index contributed by atoms with van der Waals surface area (Å²) in [5, 5.41) is 3.28. The number of methoxy groups -OCH3 is 1. The summed E-state index contributed by atoms with van der Waals surface area (Å²) < 4.78 is 11.8. The molecule has 0 spiro atoms. The summed E-state index contributed by atoms with van der Waals surface area (Å²) in [5.74, 6) is 0.631. The van der Waals surface area contributed by atoms with Gasteiger partial charge in [-0.2, -0.15) is 0 Å². The number of hydrogen-bond acceptors (Lipinski definition) is 4. The number of morpholine rings is 1. The van der Waals surface area contributed by atoms with E-state index in [4.69, 9.17) is 9.47 Å². The number of halogens is 1. The van der Waals surface area contributed by atoms with Crippen molar-refractivity contribution >= 4 is 15.9 Å². The Morgan fingerprint density at radius 3 is 3.20 bits per heavy atom. The average molecular weight is 273 g/mol. The summed E-state index contributed by atoms with van der Waals surface area (Å²) in [7, 11) is 1.62. The molecule has 1 aromatic rings. The molecule has 0 aliphatic carbocycles. The fourth-order valence-corrected chi connectivity index (χ4v) is 1.96. The smallest absolute Gasteiger partial charge is 0.219 e. The van der Waals surface area contributed by atoms with E-state index in [-0.39, 0.29) is 6.10 Å². The molecule has 4 nitrogen and oxygen atoms in total. The molecule has 1 aliphatic heterocycles. The number of pyridine rings is 1. The second-order valence-corrected chi connectivity index (χ2v) is 4.23. The maximum Gasteiger partial charge on any atom is 0.219 e. The number of ether oxygens (including phenoxy) is 2. The van der Waals surface area contributed by atoms with Crippen LogP contribution in [0, 0.1) is 0 Å². The van der Waals surface area contributed by atoms with Crippen LogP contribution in [0.5, 0.6) is 5.88 Å². The lowest BCUT2D eigenvalue weighted by molar-refractivity contribution is 0.0258. The van der Waals surface area contributed by atoms with Gasteiger partial charge < -0.3 is 14.8 Å². The molecule has 0 aromatic carbocycles. The minimum Gasteiger partial charge on any atom is -0.481 e. The third kappa shape index (κ3) is 2.48. The molecule has 1 aromatic heterocycles. The van der Waals surface area contributed by atoms with Gasteiger partial charge >= 0.3 is 0 Å². The van der Waals surface area contributed by atoms with Gasteiger partial charge in [-0.3, -0.25) is 0 Å². The van der Waals surface area contributed by atoms with Gasteiger partial charge in [0.2, 0.25) is 5.88 Å². The Bertz CT molecular complexity index is 340. The van der Waals surface area contributed by atoms with Crippen molar-refractivity contribution in [2.45, 2.75) is 6.10 Å². The molecule has 1 unspecified atom stereocenters. The Kier molecular flexibility index (Phi) is 3.56. The van der Waals surface area contributed by atoms with Crippen LogP contribution in [0.2, 0.25) is 0 Å². The van der Waals surface area contributed by atoms with Gasteiger partial charge in [-0.05, 0) is 22.0 Å². The molecule has 0 amide bonds. The lowest BCUT2D eigenvalue weighted by Crippen LogP contribution is -2.33. The average Bonchev–Trinajstić information content (AvgIpc) is 2.30. The molecule has 2 rings (SSSR count). The Morgan fingerprint density at radius 1 is 1.67 bits per heavy atom. The standard InChI is InChI=1S/C10H13BrN2O2/c1-14-10-8(4-7(11)5-13-10)9-6-12-2-3-15-9/h4-5,9,12H,2-3,6H2,1H3. The third-order valence-electron chi connectivity index (χ3n) is 2.31. The van der Waals surface area contributed by atoms with Crippen LogP contribution in [0.1, 0.15) is 11.7 Å². The monoisotopic (exact) mass is 272 g/mol. The highest BCUT2D eigenvalue weighted by atomic mass is 79.9. The van der Waals surface area contributed by atoms with E-state index in [0.29, 0.717) is 5.88 Å². The molecule has 1 atom stereocenters. The highest BCUT2D eigenvalue weighted by molar-refractivity contribution is 9.10. The number of aromatic nitrogens is 1. The molecule has 0 bridgehead atoms. The third-order valence-corrected chi connectivity index (χ3v) is 2.75. The summed E-state index contributed by atoms with van der Waals surface area (Å²) in [6, 6.07) is 1.99. The van der Waals surface area contributed by atoms with Crippen molar-refractivity contribution in [3.8, 4) is 5.88 Å². The Hall–Kier alpha value is -0.650. The van der Waals surface area contributed by atoms with Crippen LogP contribution in [0.3, 0.4) is 0 Å². The fourth-order valence-electron chi connectivity index (χ4n) is 1.61. The summed E-state index contributed by atoms with van der Waals surface area (Å²) in [6.07, 6.45) is 1.75. The van der Waals surface area contributed by atoms with Crippen LogP contribution in [0.4, 0.5) is 0 Å². The molecule has 15 heavy (non-hydrogen) atoms. The quantitative estimate of drug-likeness (QED) is 0.887. The highest BCUT2D eigenvalue weighted by Crippen LogP contribution is 2.28. The lowest BCUT2D eigenvalue weighted by atomic mass is 10.1. The predicted molar refractivity (Wildman–Crippen MR) is 60.1 cm³/mol. The maximum atomic E-state index is 5.66. The molecule has 0 saturated carbocycles. The summed E-state index contributed by atoms with van der Waals surface area (Å²) in [5.41, 5.74) is 0.985. The van der Waals surface area contributed by atoms with E-state index >= 15 is 0 Å². The Labute approximate surface area is 97.1 Å². The van der Waals surface area contributed by atoms with Crippen LogP contribution in [0.15, 0.2) is 16.7 Å². The molecule has 2 heterocycles. The first-order valence-electron chi connectivity index (χ1n) is 4.83. The van der Waals surface area contributed by atoms with E-state index in [1.54, 1.807) is 13.3 Å². The van der Waals surface area contributed by atoms with Crippen molar-refractivity contribution in [3.05, 3.63) is 22.3 Å². The summed E-state index contributed by atoms with van der Waals surface area (Å²) >= 11 is 3.40. The van der Waals surface area contributed by atoms with E-state index in [0.717, 1.165) is 29.7 Å². The molecule has 5 heteroatoms. The minimum absolute atomic E-state index is 0.0266. The van der Waals surface area contributed by atoms with Crippen LogP contribution in [-0.2, 0) is 4.74 Å². The van der Waals surface area contributed by atoms with Crippen molar-refractivity contribution < 1.29 is 9.47 Å². The Morgan fingerprint density at radius 2 is 2.53 bits per heavy atom. The predicted octanol–water partition coefficient (Wildman–Crippen LogP) is 1.51. The minimum atomic E-state index is 0.0266. The van der Waals surface area contributed by atoms with E-state index in [1.807, 2.05) is 6.07 Å². The van der Waals surface area contributed by atoms with Crippen LogP contribution in [0.25, 0.3) is 0 Å². The summed E-state index contributed by atoms with van der Waals surface area (Å²) in [4.78, 5) is 4.20. The zero-order valence-corrected chi connectivity index (χ0v) is 10.1. The first-order valence-corrected chi connectivity index (χ1v) is 5.62. The van der Waals surface area contributed by atoms with Crippen molar-refractivity contribution in [2.24, 2.45) is 0 Å². The van der Waals surface area contributed by atoms with Gasteiger partial charge in [0.05, 0.1) is 13.7 Å². The van der Waals surface area contributed by atoms with E-state index < -0.39 is 0 Å². The van der Waals surface area contributed by atoms with Gasteiger partial charge in [0.1, 0.15) is 6.10 Å². The van der Waals surface area contributed by atoms with Gasteiger partial charge in [-0.25, -0.2) is 4.98 Å². The van der Waals surface area contributed by atoms with Crippen LogP contribution >= 0.6 is 15.9 Å². The molecule has 1 fully saturated rings. The first kappa shape index (κ1) is 10.9. The molecular weight excluding hydrogens is 260 g/mol. The van der Waals surface area contributed by atoms with Crippen molar-refractivity contribution in [1.29, 1.82) is 0 Å². The maximum absolute atomic E-state index is 5.66. The topological polar surface area (TPSA) is 43.4 Å². The van der Waals surface area contributed by atoms with E-state index in [9.17, 15) is 0 Å². The number of nitrogens with zero attached hydrogens (tertiary/aromatic N) is 1. The molecular formula is C10H13BrN2O2. The lowest BCUT2D eigenvalue weighted by Gasteiger charge is -2.24. The largest absolute Gasteiger partial charge is 0.481 e. The Balaban J connectivity index is 2.27. The van der Waals surface area contributed by atoms with Gasteiger partial charge in [0, 0.05) is 29.3 Å². The van der Waals surface area contributed by atoms with Gasteiger partial charge in [0.25, 0.3) is 0 Å².